The van der Waals surface area contributed by atoms with Crippen molar-refractivity contribution >= 4 is 18.3 Å². The van der Waals surface area contributed by atoms with Gasteiger partial charge in [0.2, 0.25) is 5.89 Å². The van der Waals surface area contributed by atoms with E-state index in [1.54, 1.807) is 42.6 Å². The second-order valence-corrected chi connectivity index (χ2v) is 6.61. The number of nitrogens with zero attached hydrogens (tertiary/aromatic N) is 3. The molecule has 0 aliphatic carbocycles. The number of nitrogens with two attached hydrogens (primary N) is 1. The number of methoxy groups -OCH3 is 1. The summed E-state index contributed by atoms with van der Waals surface area (Å²) in [5.74, 6) is 2.28. The fraction of sp³-hybridized carbons (Fsp3) is 0.286. The molecule has 2 aromatic heterocycles. The maximum atomic E-state index is 13.2. The summed E-state index contributed by atoms with van der Waals surface area (Å²) in [6, 6.07) is 8.89. The quantitative estimate of drug-likeness (QED) is 0.641. The predicted molar refractivity (Wildman–Crippen MR) is 113 cm³/mol. The van der Waals surface area contributed by atoms with Gasteiger partial charge in [-0.1, -0.05) is 0 Å². The van der Waals surface area contributed by atoms with Crippen LogP contribution in [0.1, 0.15) is 21.8 Å². The van der Waals surface area contributed by atoms with Gasteiger partial charge in [-0.05, 0) is 24.3 Å². The first kappa shape index (κ1) is 21.6. The van der Waals surface area contributed by atoms with Crippen molar-refractivity contribution in [3.63, 3.8) is 0 Å². The number of hydrogen-bond acceptors (Lipinski definition) is 7. The summed E-state index contributed by atoms with van der Waals surface area (Å²) < 4.78 is 16.8. The number of rotatable bonds is 6. The third kappa shape index (κ3) is 4.39. The first-order valence-corrected chi connectivity index (χ1v) is 9.38. The molecule has 0 unspecified atom stereocenters. The SMILES string of the molecule is COc1ccc(C(=O)N2CCc3oc(-c4cccnc4)nc3C2)c(OCCN)c1.Cl. The number of aromatic nitrogens is 2. The Labute approximate surface area is 180 Å². The smallest absolute Gasteiger partial charge is 0.257 e. The highest BCUT2D eigenvalue weighted by atomic mass is 35.5. The second-order valence-electron chi connectivity index (χ2n) is 6.61. The standard InChI is InChI=1S/C21H22N4O4.ClH/c1-27-15-4-5-16(19(11-15)28-10-7-22)21(26)25-9-6-18-17(13-25)24-20(29-18)14-3-2-8-23-12-14;/h2-5,8,11-12H,6-7,9-10,13,22H2,1H3;1H. The number of hydrogen-bond donors (Lipinski definition) is 1. The molecule has 3 heterocycles. The summed E-state index contributed by atoms with van der Waals surface area (Å²) in [5.41, 5.74) is 7.59. The van der Waals surface area contributed by atoms with E-state index < -0.39 is 0 Å². The Morgan fingerprint density at radius 1 is 1.33 bits per heavy atom. The predicted octanol–water partition coefficient (Wildman–Crippen LogP) is 2.70. The minimum atomic E-state index is -0.128. The monoisotopic (exact) mass is 430 g/mol. The average molecular weight is 431 g/mol. The zero-order chi connectivity index (χ0) is 20.2. The molecule has 158 valence electrons. The minimum Gasteiger partial charge on any atom is -0.497 e. The van der Waals surface area contributed by atoms with Crippen molar-refractivity contribution in [1.29, 1.82) is 0 Å². The van der Waals surface area contributed by atoms with E-state index in [1.807, 2.05) is 12.1 Å². The highest BCUT2D eigenvalue weighted by molar-refractivity contribution is 5.97. The molecule has 3 aromatic rings. The molecule has 0 atom stereocenters. The van der Waals surface area contributed by atoms with Gasteiger partial charge in [0, 0.05) is 38.0 Å². The first-order valence-electron chi connectivity index (χ1n) is 9.38. The normalized spacial score (nSPS) is 12.7. The van der Waals surface area contributed by atoms with Crippen molar-refractivity contribution in [3.05, 3.63) is 59.7 Å². The Kier molecular flexibility index (Phi) is 6.91. The lowest BCUT2D eigenvalue weighted by atomic mass is 10.1. The molecule has 1 aromatic carbocycles. The van der Waals surface area contributed by atoms with Crippen LogP contribution in [0.5, 0.6) is 11.5 Å². The number of carbonyl (C=O) groups excluding carboxylic acids is 1. The number of halogens is 1. The lowest BCUT2D eigenvalue weighted by Gasteiger charge is -2.26. The van der Waals surface area contributed by atoms with Crippen LogP contribution in [0.25, 0.3) is 11.5 Å². The topological polar surface area (TPSA) is 104 Å². The van der Waals surface area contributed by atoms with Gasteiger partial charge < -0.3 is 24.5 Å². The van der Waals surface area contributed by atoms with Crippen molar-refractivity contribution in [3.8, 4) is 23.0 Å². The lowest BCUT2D eigenvalue weighted by Crippen LogP contribution is -2.36. The third-order valence-corrected chi connectivity index (χ3v) is 4.72. The van der Waals surface area contributed by atoms with Crippen molar-refractivity contribution in [1.82, 2.24) is 14.9 Å². The number of oxazole rings is 1. The van der Waals surface area contributed by atoms with Crippen molar-refractivity contribution in [2.24, 2.45) is 5.73 Å². The maximum Gasteiger partial charge on any atom is 0.257 e. The molecule has 0 fully saturated rings. The van der Waals surface area contributed by atoms with E-state index in [9.17, 15) is 4.79 Å². The summed E-state index contributed by atoms with van der Waals surface area (Å²) in [6.07, 6.45) is 4.01. The van der Waals surface area contributed by atoms with E-state index in [1.165, 1.54) is 0 Å². The van der Waals surface area contributed by atoms with Crippen molar-refractivity contribution in [2.45, 2.75) is 13.0 Å². The highest BCUT2D eigenvalue weighted by Crippen LogP contribution is 2.30. The zero-order valence-electron chi connectivity index (χ0n) is 16.5. The molecule has 1 aliphatic rings. The van der Waals surface area contributed by atoms with Gasteiger partial charge in [0.15, 0.2) is 0 Å². The fourth-order valence-electron chi connectivity index (χ4n) is 3.25. The molecule has 1 amide bonds. The molecule has 0 spiro atoms. The molecule has 8 nitrogen and oxygen atoms in total. The van der Waals surface area contributed by atoms with Crippen LogP contribution in [0.3, 0.4) is 0 Å². The summed E-state index contributed by atoms with van der Waals surface area (Å²) in [6.45, 7) is 1.58. The van der Waals surface area contributed by atoms with Gasteiger partial charge in [0.1, 0.15) is 29.6 Å². The number of benzene rings is 1. The number of ether oxygens (including phenoxy) is 2. The molecule has 0 bridgehead atoms. The van der Waals surface area contributed by atoms with Crippen LogP contribution in [0.15, 0.2) is 47.1 Å². The van der Waals surface area contributed by atoms with Gasteiger partial charge in [0.25, 0.3) is 5.91 Å². The van der Waals surface area contributed by atoms with E-state index in [-0.39, 0.29) is 18.3 Å². The Morgan fingerprint density at radius 3 is 2.93 bits per heavy atom. The van der Waals surface area contributed by atoms with Crippen LogP contribution in [0.4, 0.5) is 0 Å². The van der Waals surface area contributed by atoms with Crippen LogP contribution in [0.2, 0.25) is 0 Å². The Bertz CT molecular complexity index is 1010. The van der Waals surface area contributed by atoms with Crippen LogP contribution >= 0.6 is 12.4 Å². The second kappa shape index (κ2) is 9.60. The van der Waals surface area contributed by atoms with Gasteiger partial charge in [-0.3, -0.25) is 9.78 Å². The van der Waals surface area contributed by atoms with E-state index in [2.05, 4.69) is 9.97 Å². The third-order valence-electron chi connectivity index (χ3n) is 4.72. The van der Waals surface area contributed by atoms with Crippen LogP contribution < -0.4 is 15.2 Å². The highest BCUT2D eigenvalue weighted by Gasteiger charge is 2.28. The van der Waals surface area contributed by atoms with Crippen molar-refractivity contribution in [2.75, 3.05) is 26.8 Å². The van der Waals surface area contributed by atoms with Gasteiger partial charge >= 0.3 is 0 Å². The van der Waals surface area contributed by atoms with Crippen LogP contribution in [-0.2, 0) is 13.0 Å². The first-order chi connectivity index (χ1) is 14.2. The molecule has 1 aliphatic heterocycles. The van der Waals surface area contributed by atoms with Crippen LogP contribution in [0, 0.1) is 0 Å². The van der Waals surface area contributed by atoms with Gasteiger partial charge in [-0.15, -0.1) is 12.4 Å². The molecular weight excluding hydrogens is 408 g/mol. The molecule has 0 radical (unpaired) electrons. The molecule has 30 heavy (non-hydrogen) atoms. The average Bonchev–Trinajstić information content (AvgIpc) is 3.21. The molecule has 4 rings (SSSR count). The van der Waals surface area contributed by atoms with Gasteiger partial charge in [0.05, 0.1) is 24.8 Å². The summed E-state index contributed by atoms with van der Waals surface area (Å²) in [4.78, 5) is 23.6. The van der Waals surface area contributed by atoms with Gasteiger partial charge in [-0.2, -0.15) is 0 Å². The Balaban J connectivity index is 0.00000256. The summed E-state index contributed by atoms with van der Waals surface area (Å²) in [5, 5.41) is 0. The Morgan fingerprint density at radius 2 is 2.20 bits per heavy atom. The van der Waals surface area contributed by atoms with E-state index in [4.69, 9.17) is 19.6 Å². The summed E-state index contributed by atoms with van der Waals surface area (Å²) in [7, 11) is 1.57. The van der Waals surface area contributed by atoms with E-state index >= 15 is 0 Å². The number of pyridine rings is 1. The largest absolute Gasteiger partial charge is 0.497 e. The molecule has 9 heteroatoms. The number of carbonyl (C=O) groups is 1. The molecule has 0 saturated carbocycles. The van der Waals surface area contributed by atoms with Gasteiger partial charge in [-0.25, -0.2) is 4.98 Å². The van der Waals surface area contributed by atoms with Crippen LogP contribution in [-0.4, -0.2) is 47.6 Å². The zero-order valence-corrected chi connectivity index (χ0v) is 17.4. The van der Waals surface area contributed by atoms with E-state index in [0.717, 1.165) is 17.0 Å². The summed E-state index contributed by atoms with van der Waals surface area (Å²) >= 11 is 0. The minimum absolute atomic E-state index is 0. The maximum absolute atomic E-state index is 13.2. The van der Waals surface area contributed by atoms with Crippen molar-refractivity contribution < 1.29 is 18.7 Å². The fourth-order valence-corrected chi connectivity index (χ4v) is 3.25. The van der Waals surface area contributed by atoms with E-state index in [0.29, 0.717) is 55.6 Å². The number of amides is 1. The molecule has 0 saturated heterocycles. The molecular formula is C21H23ClN4O4. The molecule has 2 N–H and O–H groups in total. The Hall–Kier alpha value is -3.10. The lowest BCUT2D eigenvalue weighted by molar-refractivity contribution is 0.0723. The number of fused-ring (bicyclic) bond motifs is 1.